The van der Waals surface area contributed by atoms with Crippen LogP contribution in [0.3, 0.4) is 0 Å². The van der Waals surface area contributed by atoms with Crippen LogP contribution in [0.5, 0.6) is 0 Å². The van der Waals surface area contributed by atoms with Crippen molar-refractivity contribution in [2.45, 2.75) is 39.2 Å². The van der Waals surface area contributed by atoms with Crippen LogP contribution in [0.2, 0.25) is 0 Å². The van der Waals surface area contributed by atoms with Crippen LogP contribution in [0.25, 0.3) is 0 Å². The third-order valence-corrected chi connectivity index (χ3v) is 3.46. The van der Waals surface area contributed by atoms with Crippen molar-refractivity contribution in [2.24, 2.45) is 5.92 Å². The van der Waals surface area contributed by atoms with E-state index in [0.717, 1.165) is 12.2 Å². The number of carbonyl (C=O) groups excluding carboxylic acids is 1. The molecule has 2 rings (SSSR count). The second-order valence-electron chi connectivity index (χ2n) is 5.52. The molecule has 2 heterocycles. The summed E-state index contributed by atoms with van der Waals surface area (Å²) in [6, 6.07) is 4.01. The zero-order chi connectivity index (χ0) is 13.7. The highest BCUT2D eigenvalue weighted by Crippen LogP contribution is 2.17. The van der Waals surface area contributed by atoms with Gasteiger partial charge < -0.3 is 14.1 Å². The zero-order valence-electron chi connectivity index (χ0n) is 11.8. The number of hydrogen-bond donors (Lipinski definition) is 0. The molecule has 19 heavy (non-hydrogen) atoms. The van der Waals surface area contributed by atoms with Crippen LogP contribution in [0, 0.1) is 5.92 Å². The molecule has 0 aliphatic carbocycles. The lowest BCUT2D eigenvalue weighted by Crippen LogP contribution is -2.49. The van der Waals surface area contributed by atoms with Crippen LogP contribution in [0.4, 0.5) is 0 Å². The van der Waals surface area contributed by atoms with Crippen LogP contribution < -0.4 is 0 Å². The molecule has 0 N–H and O–H groups in total. The van der Waals surface area contributed by atoms with Crippen molar-refractivity contribution < 1.29 is 13.9 Å². The van der Waals surface area contributed by atoms with Gasteiger partial charge in [0.05, 0.1) is 25.5 Å². The van der Waals surface area contributed by atoms with E-state index in [1.54, 1.807) is 6.26 Å². The lowest BCUT2D eigenvalue weighted by Gasteiger charge is -2.36. The van der Waals surface area contributed by atoms with E-state index >= 15 is 0 Å². The number of nitrogens with zero attached hydrogens (tertiary/aromatic N) is 1. The summed E-state index contributed by atoms with van der Waals surface area (Å²) in [5.74, 6) is 1.67. The van der Waals surface area contributed by atoms with Crippen LogP contribution >= 0.6 is 0 Å². The van der Waals surface area contributed by atoms with Gasteiger partial charge in [-0.1, -0.05) is 13.8 Å². The molecule has 1 fully saturated rings. The summed E-state index contributed by atoms with van der Waals surface area (Å²) in [4.78, 5) is 14.3. The molecule has 4 nitrogen and oxygen atoms in total. The van der Waals surface area contributed by atoms with E-state index in [1.807, 2.05) is 17.0 Å². The predicted molar refractivity (Wildman–Crippen MR) is 72.8 cm³/mol. The molecule has 4 heteroatoms. The molecule has 0 unspecified atom stereocenters. The maximum absolute atomic E-state index is 12.3. The predicted octanol–water partition coefficient (Wildman–Crippen LogP) is 2.49. The van der Waals surface area contributed by atoms with Gasteiger partial charge >= 0.3 is 0 Å². The van der Waals surface area contributed by atoms with Crippen molar-refractivity contribution in [3.8, 4) is 0 Å². The molecule has 1 aliphatic heterocycles. The minimum atomic E-state index is 0.213. The van der Waals surface area contributed by atoms with Gasteiger partial charge in [-0.05, 0) is 24.5 Å². The SMILES string of the molecule is CC(C)C[C@@H]1COCCN1C(=O)CCc1ccco1. The van der Waals surface area contributed by atoms with Crippen molar-refractivity contribution >= 4 is 5.91 Å². The summed E-state index contributed by atoms with van der Waals surface area (Å²) in [6.07, 6.45) is 3.85. The number of carbonyl (C=O) groups is 1. The van der Waals surface area contributed by atoms with Gasteiger partial charge in [0.15, 0.2) is 0 Å². The van der Waals surface area contributed by atoms with E-state index in [-0.39, 0.29) is 11.9 Å². The monoisotopic (exact) mass is 265 g/mol. The smallest absolute Gasteiger partial charge is 0.223 e. The van der Waals surface area contributed by atoms with E-state index in [1.165, 1.54) is 0 Å². The van der Waals surface area contributed by atoms with Crippen molar-refractivity contribution in [3.05, 3.63) is 24.2 Å². The first-order valence-corrected chi connectivity index (χ1v) is 7.06. The van der Waals surface area contributed by atoms with Crippen LogP contribution in [-0.2, 0) is 16.0 Å². The first-order chi connectivity index (χ1) is 9.16. The first-order valence-electron chi connectivity index (χ1n) is 7.06. The fraction of sp³-hybridized carbons (Fsp3) is 0.667. The Morgan fingerprint density at radius 2 is 2.37 bits per heavy atom. The molecule has 1 aliphatic rings. The summed E-state index contributed by atoms with van der Waals surface area (Å²) in [5.41, 5.74) is 0. The number of morpholine rings is 1. The van der Waals surface area contributed by atoms with Crippen molar-refractivity contribution in [1.82, 2.24) is 4.90 Å². The molecule has 1 aromatic heterocycles. The lowest BCUT2D eigenvalue weighted by molar-refractivity contribution is -0.140. The fourth-order valence-electron chi connectivity index (χ4n) is 2.55. The first kappa shape index (κ1) is 14.1. The minimum Gasteiger partial charge on any atom is -0.469 e. The Balaban J connectivity index is 1.87. The van der Waals surface area contributed by atoms with E-state index in [4.69, 9.17) is 9.15 Å². The number of ether oxygens (including phenoxy) is 1. The Hall–Kier alpha value is -1.29. The molecule has 0 saturated carbocycles. The molecule has 1 saturated heterocycles. The van der Waals surface area contributed by atoms with E-state index in [9.17, 15) is 4.79 Å². The molecular formula is C15H23NO3. The topological polar surface area (TPSA) is 42.7 Å². The number of aryl methyl sites for hydroxylation is 1. The summed E-state index contributed by atoms with van der Waals surface area (Å²) in [6.45, 7) is 6.40. The van der Waals surface area contributed by atoms with Gasteiger partial charge in [-0.3, -0.25) is 4.79 Å². The molecule has 1 amide bonds. The summed E-state index contributed by atoms with van der Waals surface area (Å²) in [5, 5.41) is 0. The normalized spacial score (nSPS) is 19.9. The number of rotatable bonds is 5. The maximum Gasteiger partial charge on any atom is 0.223 e. The molecule has 0 bridgehead atoms. The number of amides is 1. The quantitative estimate of drug-likeness (QED) is 0.821. The Labute approximate surface area is 114 Å². The third kappa shape index (κ3) is 4.10. The summed E-state index contributed by atoms with van der Waals surface area (Å²) >= 11 is 0. The van der Waals surface area contributed by atoms with Gasteiger partial charge in [0.1, 0.15) is 5.76 Å². The Morgan fingerprint density at radius 3 is 3.05 bits per heavy atom. The van der Waals surface area contributed by atoms with Gasteiger partial charge in [0.25, 0.3) is 0 Å². The van der Waals surface area contributed by atoms with Crippen LogP contribution in [-0.4, -0.2) is 36.6 Å². The van der Waals surface area contributed by atoms with E-state index in [0.29, 0.717) is 38.5 Å². The van der Waals surface area contributed by atoms with Crippen LogP contribution in [0.1, 0.15) is 32.4 Å². The zero-order valence-corrected chi connectivity index (χ0v) is 11.8. The average Bonchev–Trinajstić information content (AvgIpc) is 2.89. The van der Waals surface area contributed by atoms with Gasteiger partial charge in [-0.15, -0.1) is 0 Å². The second-order valence-corrected chi connectivity index (χ2v) is 5.52. The highest BCUT2D eigenvalue weighted by atomic mass is 16.5. The Morgan fingerprint density at radius 1 is 1.53 bits per heavy atom. The van der Waals surface area contributed by atoms with Gasteiger partial charge in [-0.2, -0.15) is 0 Å². The van der Waals surface area contributed by atoms with Gasteiger partial charge in [0.2, 0.25) is 5.91 Å². The van der Waals surface area contributed by atoms with Gasteiger partial charge in [0, 0.05) is 19.4 Å². The standard InChI is InChI=1S/C15H23NO3/c1-12(2)10-13-11-18-9-7-16(13)15(17)6-5-14-4-3-8-19-14/h3-4,8,12-13H,5-7,9-11H2,1-2H3/t13-/m1/s1. The molecule has 106 valence electrons. The second kappa shape index (κ2) is 6.75. The fourth-order valence-corrected chi connectivity index (χ4v) is 2.55. The largest absolute Gasteiger partial charge is 0.469 e. The Bertz CT molecular complexity index is 386. The van der Waals surface area contributed by atoms with Crippen molar-refractivity contribution in [2.75, 3.05) is 19.8 Å². The lowest BCUT2D eigenvalue weighted by atomic mass is 10.0. The molecule has 0 aromatic carbocycles. The highest BCUT2D eigenvalue weighted by molar-refractivity contribution is 5.76. The van der Waals surface area contributed by atoms with E-state index in [2.05, 4.69) is 13.8 Å². The minimum absolute atomic E-state index is 0.213. The van der Waals surface area contributed by atoms with E-state index < -0.39 is 0 Å². The molecular weight excluding hydrogens is 242 g/mol. The average molecular weight is 265 g/mol. The van der Waals surface area contributed by atoms with Crippen LogP contribution in [0.15, 0.2) is 22.8 Å². The summed E-state index contributed by atoms with van der Waals surface area (Å²) < 4.78 is 10.8. The number of furan rings is 1. The van der Waals surface area contributed by atoms with Crippen molar-refractivity contribution in [3.63, 3.8) is 0 Å². The molecule has 0 spiro atoms. The Kier molecular flexibility index (Phi) is 5.02. The molecule has 1 aromatic rings. The third-order valence-electron chi connectivity index (χ3n) is 3.46. The van der Waals surface area contributed by atoms with Crippen molar-refractivity contribution in [1.29, 1.82) is 0 Å². The molecule has 0 radical (unpaired) electrons. The van der Waals surface area contributed by atoms with Gasteiger partial charge in [-0.25, -0.2) is 0 Å². The number of hydrogen-bond acceptors (Lipinski definition) is 3. The maximum atomic E-state index is 12.3. The summed E-state index contributed by atoms with van der Waals surface area (Å²) in [7, 11) is 0. The molecule has 1 atom stereocenters. The highest BCUT2D eigenvalue weighted by Gasteiger charge is 2.27.